The molecule has 1 saturated heterocycles. The van der Waals surface area contributed by atoms with Crippen LogP contribution >= 0.6 is 23.2 Å². The zero-order valence-corrected chi connectivity index (χ0v) is 15.8. The summed E-state index contributed by atoms with van der Waals surface area (Å²) in [6.45, 7) is 7.56. The van der Waals surface area contributed by atoms with Crippen LogP contribution in [0.1, 0.15) is 27.2 Å². The summed E-state index contributed by atoms with van der Waals surface area (Å²) >= 11 is 11.0. The number of benzene rings is 1. The number of rotatable bonds is 3. The van der Waals surface area contributed by atoms with E-state index in [2.05, 4.69) is 33.9 Å². The van der Waals surface area contributed by atoms with Crippen molar-refractivity contribution in [1.29, 1.82) is 0 Å². The van der Waals surface area contributed by atoms with Crippen LogP contribution in [-0.2, 0) is 9.63 Å². The Bertz CT molecular complexity index is 554. The van der Waals surface area contributed by atoms with E-state index >= 15 is 0 Å². The van der Waals surface area contributed by atoms with E-state index < -0.39 is 5.97 Å². The molecule has 1 aliphatic heterocycles. The first-order valence-corrected chi connectivity index (χ1v) is 8.99. The molecule has 3 atom stereocenters. The van der Waals surface area contributed by atoms with E-state index in [1.165, 1.54) is 18.7 Å². The average Bonchev–Trinajstić information content (AvgIpc) is 3.32. The van der Waals surface area contributed by atoms with Crippen LogP contribution in [0, 0.1) is 11.8 Å². The fraction of sp³-hybridized carbons (Fsp3) is 0.529. The van der Waals surface area contributed by atoms with Gasteiger partial charge in [-0.1, -0.05) is 36.7 Å². The number of anilines is 1. The molecule has 0 aromatic heterocycles. The highest BCUT2D eigenvalue weighted by Gasteiger charge is 2.50. The van der Waals surface area contributed by atoms with Crippen molar-refractivity contribution in [2.75, 3.05) is 17.3 Å². The molecule has 0 amide bonds. The zero-order chi connectivity index (χ0) is 18.1. The maximum Gasteiger partial charge on any atom is 0.349 e. The van der Waals surface area contributed by atoms with Gasteiger partial charge < -0.3 is 15.5 Å². The number of alkyl halides is 1. The fourth-order valence-corrected chi connectivity index (χ4v) is 3.06. The first-order valence-electron chi connectivity index (χ1n) is 8.08. The zero-order valence-electron chi connectivity index (χ0n) is 14.3. The van der Waals surface area contributed by atoms with Gasteiger partial charge in [0.25, 0.3) is 0 Å². The van der Waals surface area contributed by atoms with Crippen molar-refractivity contribution in [1.82, 2.24) is 0 Å². The molecule has 2 aliphatic rings. The van der Waals surface area contributed by atoms with Gasteiger partial charge in [-0.15, -0.1) is 11.6 Å². The highest BCUT2D eigenvalue weighted by molar-refractivity contribution is 6.30. The lowest BCUT2D eigenvalue weighted by molar-refractivity contribution is -0.140. The maximum atomic E-state index is 10.0. The lowest BCUT2D eigenvalue weighted by Gasteiger charge is -2.26. The van der Waals surface area contributed by atoms with Gasteiger partial charge in [0.05, 0.1) is 0 Å². The second kappa shape index (κ2) is 10.4. The minimum absolute atomic E-state index is 0.211. The van der Waals surface area contributed by atoms with Crippen LogP contribution in [-0.4, -0.2) is 30.8 Å². The second-order valence-electron chi connectivity index (χ2n) is 5.38. The van der Waals surface area contributed by atoms with Crippen LogP contribution in [0.3, 0.4) is 0 Å². The van der Waals surface area contributed by atoms with Gasteiger partial charge in [-0.2, -0.15) is 0 Å². The Kier molecular flexibility index (Phi) is 8.93. The van der Waals surface area contributed by atoms with Crippen LogP contribution in [0.5, 0.6) is 0 Å². The van der Waals surface area contributed by atoms with Crippen molar-refractivity contribution >= 4 is 41.2 Å². The van der Waals surface area contributed by atoms with Crippen molar-refractivity contribution in [2.24, 2.45) is 22.7 Å². The lowest BCUT2D eigenvalue weighted by Crippen LogP contribution is -2.30. The molecule has 7 heteroatoms. The van der Waals surface area contributed by atoms with Gasteiger partial charge in [0, 0.05) is 23.3 Å². The topological polar surface area (TPSA) is 67.9 Å². The first kappa shape index (κ1) is 20.6. The quantitative estimate of drug-likeness (QED) is 0.287. The molecule has 5 nitrogen and oxygen atoms in total. The molecule has 0 bridgehead atoms. The Morgan fingerprint density at radius 3 is 2.71 bits per heavy atom. The number of hydrogen-bond acceptors (Lipinski definition) is 4. The van der Waals surface area contributed by atoms with Crippen LogP contribution in [0.15, 0.2) is 29.4 Å². The molecular weight excluding hydrogens is 349 g/mol. The Morgan fingerprint density at radius 2 is 2.21 bits per heavy atom. The third-order valence-electron chi connectivity index (χ3n) is 3.98. The Labute approximate surface area is 153 Å². The summed E-state index contributed by atoms with van der Waals surface area (Å²) in [7, 11) is 0. The van der Waals surface area contributed by atoms with Crippen molar-refractivity contribution in [3.63, 3.8) is 0 Å². The summed E-state index contributed by atoms with van der Waals surface area (Å²) in [5, 5.41) is 3.80. The number of fused-ring (bicyclic) bond motifs is 1. The largest absolute Gasteiger partial charge is 0.387 e. The van der Waals surface area contributed by atoms with E-state index in [1.54, 1.807) is 0 Å². The standard InChI is InChI=1S/C12H14ClN.C3H5ClN2O2.C2H6/c1-8-12-5-9(12)7-14(8)11-4-2-3-10(13)6-11;4-1-3(7)8-6-2-5;1-2/h2-4,6,8-9,12H,5,7H2,1H3;2H,1H2,(H2,5,6);1-2H3. The maximum absolute atomic E-state index is 10.0. The molecule has 134 valence electrons. The van der Waals surface area contributed by atoms with Gasteiger partial charge in [-0.3, -0.25) is 0 Å². The molecule has 0 spiro atoms. The Balaban J connectivity index is 0.000000250. The monoisotopic (exact) mass is 373 g/mol. The highest BCUT2D eigenvalue weighted by Crippen LogP contribution is 2.50. The van der Waals surface area contributed by atoms with Crippen LogP contribution in [0.4, 0.5) is 5.69 Å². The van der Waals surface area contributed by atoms with Crippen molar-refractivity contribution in [2.45, 2.75) is 33.2 Å². The Morgan fingerprint density at radius 1 is 1.50 bits per heavy atom. The van der Waals surface area contributed by atoms with Gasteiger partial charge >= 0.3 is 5.97 Å². The SMILES string of the molecule is CC.CC1C2CC2CN1c1cccc(Cl)c1.N/C=N\OC(=O)CCl. The lowest BCUT2D eigenvalue weighted by atomic mass is 10.2. The van der Waals surface area contributed by atoms with E-state index in [1.807, 2.05) is 26.0 Å². The molecule has 1 saturated carbocycles. The molecule has 2 fully saturated rings. The Hall–Kier alpha value is -1.46. The number of halogens is 2. The minimum Gasteiger partial charge on any atom is -0.387 e. The van der Waals surface area contributed by atoms with Crippen molar-refractivity contribution < 1.29 is 9.63 Å². The van der Waals surface area contributed by atoms with E-state index in [0.29, 0.717) is 6.04 Å². The summed E-state index contributed by atoms with van der Waals surface area (Å²) in [5.41, 5.74) is 6.01. The fourth-order valence-electron chi connectivity index (χ4n) is 2.83. The smallest absolute Gasteiger partial charge is 0.349 e. The summed E-state index contributed by atoms with van der Waals surface area (Å²) in [5.74, 6) is 1.09. The van der Waals surface area contributed by atoms with Crippen LogP contribution in [0.2, 0.25) is 5.02 Å². The molecule has 3 rings (SSSR count). The number of piperidine rings is 1. The number of nitrogens with zero attached hydrogens (tertiary/aromatic N) is 2. The summed E-state index contributed by atoms with van der Waals surface area (Å²) < 4.78 is 0. The first-order chi connectivity index (χ1) is 11.6. The van der Waals surface area contributed by atoms with Gasteiger partial charge in [0.1, 0.15) is 12.2 Å². The van der Waals surface area contributed by atoms with E-state index in [9.17, 15) is 4.79 Å². The van der Waals surface area contributed by atoms with Gasteiger partial charge in [-0.25, -0.2) is 4.79 Å². The number of carbonyl (C=O) groups excluding carboxylic acids is 1. The molecule has 24 heavy (non-hydrogen) atoms. The summed E-state index contributed by atoms with van der Waals surface area (Å²) in [6, 6.07) is 8.91. The third-order valence-corrected chi connectivity index (χ3v) is 4.44. The van der Waals surface area contributed by atoms with E-state index in [-0.39, 0.29) is 5.88 Å². The predicted molar refractivity (Wildman–Crippen MR) is 101 cm³/mol. The minimum atomic E-state index is -0.617. The van der Waals surface area contributed by atoms with Gasteiger partial charge in [-0.05, 0) is 43.4 Å². The van der Waals surface area contributed by atoms with E-state index in [4.69, 9.17) is 28.9 Å². The normalized spacial score (nSPS) is 23.5. The molecule has 1 aromatic rings. The van der Waals surface area contributed by atoms with Gasteiger partial charge in [0.2, 0.25) is 0 Å². The molecule has 3 unspecified atom stereocenters. The highest BCUT2D eigenvalue weighted by atomic mass is 35.5. The number of nitrogens with two attached hydrogens (primary N) is 1. The number of hydrogen-bond donors (Lipinski definition) is 1. The second-order valence-corrected chi connectivity index (χ2v) is 6.09. The van der Waals surface area contributed by atoms with Crippen molar-refractivity contribution in [3.05, 3.63) is 29.3 Å². The molecule has 0 radical (unpaired) electrons. The molecule has 1 aromatic carbocycles. The van der Waals surface area contributed by atoms with E-state index in [0.717, 1.165) is 23.2 Å². The van der Waals surface area contributed by atoms with Crippen LogP contribution in [0.25, 0.3) is 0 Å². The molecular formula is C17H25Cl2N3O2. The molecule has 1 aliphatic carbocycles. The van der Waals surface area contributed by atoms with Gasteiger partial charge in [0.15, 0.2) is 0 Å². The number of carbonyl (C=O) groups is 1. The molecule has 1 heterocycles. The van der Waals surface area contributed by atoms with Crippen LogP contribution < -0.4 is 10.6 Å². The molecule has 2 N–H and O–H groups in total. The average molecular weight is 374 g/mol. The summed E-state index contributed by atoms with van der Waals surface area (Å²) in [4.78, 5) is 16.6. The predicted octanol–water partition coefficient (Wildman–Crippen LogP) is 3.88. The van der Waals surface area contributed by atoms with Crippen molar-refractivity contribution in [3.8, 4) is 0 Å². The summed E-state index contributed by atoms with van der Waals surface area (Å²) in [6.07, 6.45) is 2.31. The number of oxime groups is 1. The third kappa shape index (κ3) is 5.87.